The van der Waals surface area contributed by atoms with E-state index < -0.39 is 10.0 Å². The Morgan fingerprint density at radius 3 is 3.00 bits per heavy atom. The summed E-state index contributed by atoms with van der Waals surface area (Å²) in [4.78, 5) is 19.1. The van der Waals surface area contributed by atoms with Gasteiger partial charge < -0.3 is 15.0 Å². The molecular formula is C16H20N4O4S. The Morgan fingerprint density at radius 2 is 2.28 bits per heavy atom. The predicted molar refractivity (Wildman–Crippen MR) is 90.6 cm³/mol. The summed E-state index contributed by atoms with van der Waals surface area (Å²) < 4.78 is 32.5. The SMILES string of the molecule is O=C(N[C@@H]1CCOC1)c1cccc(S(=O)(=O)NCCc2cnc[nH]2)c1. The average molecular weight is 364 g/mol. The number of carbonyl (C=O) groups excluding carboxylic acids is 1. The molecule has 134 valence electrons. The molecule has 0 saturated carbocycles. The van der Waals surface area contributed by atoms with E-state index in [9.17, 15) is 13.2 Å². The zero-order valence-corrected chi connectivity index (χ0v) is 14.4. The molecule has 1 aromatic carbocycles. The highest BCUT2D eigenvalue weighted by atomic mass is 32.2. The second-order valence-corrected chi connectivity index (χ2v) is 7.55. The fourth-order valence-electron chi connectivity index (χ4n) is 2.55. The summed E-state index contributed by atoms with van der Waals surface area (Å²) in [6, 6.07) is 5.97. The molecule has 0 unspecified atom stereocenters. The number of hydrogen-bond donors (Lipinski definition) is 3. The normalized spacial score (nSPS) is 17.5. The molecule has 1 aliphatic rings. The number of hydrogen-bond acceptors (Lipinski definition) is 5. The number of aromatic nitrogens is 2. The van der Waals surface area contributed by atoms with Crippen LogP contribution in [0.4, 0.5) is 0 Å². The molecule has 1 amide bonds. The van der Waals surface area contributed by atoms with E-state index in [-0.39, 0.29) is 23.4 Å². The Balaban J connectivity index is 1.63. The lowest BCUT2D eigenvalue weighted by atomic mass is 10.2. The maximum absolute atomic E-state index is 12.4. The van der Waals surface area contributed by atoms with Crippen LogP contribution in [0.1, 0.15) is 22.5 Å². The standard InChI is InChI=1S/C16H20N4O4S/c21-16(20-14-5-7-24-10-14)12-2-1-3-15(8-12)25(22,23)19-6-4-13-9-17-11-18-13/h1-3,8-9,11,14,19H,4-7,10H2,(H,17,18)(H,20,21)/t14-/m1/s1. The van der Waals surface area contributed by atoms with Gasteiger partial charge >= 0.3 is 0 Å². The quantitative estimate of drug-likeness (QED) is 0.660. The second-order valence-electron chi connectivity index (χ2n) is 5.79. The van der Waals surface area contributed by atoms with E-state index in [4.69, 9.17) is 4.74 Å². The first kappa shape index (κ1) is 17.6. The van der Waals surface area contributed by atoms with Crippen LogP contribution in [-0.4, -0.2) is 50.1 Å². The van der Waals surface area contributed by atoms with E-state index in [2.05, 4.69) is 20.0 Å². The average Bonchev–Trinajstić information content (AvgIpc) is 3.29. The number of rotatable bonds is 7. The number of aromatic amines is 1. The Labute approximate surface area is 146 Å². The van der Waals surface area contributed by atoms with Crippen molar-refractivity contribution in [3.63, 3.8) is 0 Å². The van der Waals surface area contributed by atoms with Crippen LogP contribution in [0.25, 0.3) is 0 Å². The van der Waals surface area contributed by atoms with Crippen LogP contribution in [0.15, 0.2) is 41.7 Å². The minimum atomic E-state index is -3.69. The molecule has 1 aliphatic heterocycles. The van der Waals surface area contributed by atoms with Crippen molar-refractivity contribution in [3.8, 4) is 0 Å². The lowest BCUT2D eigenvalue weighted by molar-refractivity contribution is 0.0929. The molecule has 1 saturated heterocycles. The lowest BCUT2D eigenvalue weighted by Crippen LogP contribution is -2.35. The summed E-state index contributed by atoms with van der Waals surface area (Å²) in [6.07, 6.45) is 4.45. The third kappa shape index (κ3) is 4.65. The van der Waals surface area contributed by atoms with Gasteiger partial charge in [0.1, 0.15) is 0 Å². The van der Waals surface area contributed by atoms with Gasteiger partial charge in [0.05, 0.1) is 23.9 Å². The van der Waals surface area contributed by atoms with E-state index >= 15 is 0 Å². The van der Waals surface area contributed by atoms with Crippen molar-refractivity contribution in [1.82, 2.24) is 20.0 Å². The van der Waals surface area contributed by atoms with Gasteiger partial charge in [-0.3, -0.25) is 4.79 Å². The molecule has 0 bridgehead atoms. The smallest absolute Gasteiger partial charge is 0.251 e. The van der Waals surface area contributed by atoms with Crippen LogP contribution >= 0.6 is 0 Å². The number of nitrogens with zero attached hydrogens (tertiary/aromatic N) is 1. The zero-order chi connectivity index (χ0) is 17.7. The number of sulfonamides is 1. The van der Waals surface area contributed by atoms with Crippen molar-refractivity contribution in [2.75, 3.05) is 19.8 Å². The molecular weight excluding hydrogens is 344 g/mol. The number of benzene rings is 1. The van der Waals surface area contributed by atoms with Crippen LogP contribution in [-0.2, 0) is 21.2 Å². The molecule has 2 aromatic rings. The van der Waals surface area contributed by atoms with E-state index in [0.717, 1.165) is 12.1 Å². The molecule has 1 aromatic heterocycles. The first-order chi connectivity index (χ1) is 12.0. The zero-order valence-electron chi connectivity index (χ0n) is 13.6. The highest BCUT2D eigenvalue weighted by Gasteiger charge is 2.20. The summed E-state index contributed by atoms with van der Waals surface area (Å²) in [5.74, 6) is -0.301. The highest BCUT2D eigenvalue weighted by molar-refractivity contribution is 7.89. The van der Waals surface area contributed by atoms with Crippen LogP contribution < -0.4 is 10.0 Å². The van der Waals surface area contributed by atoms with Crippen molar-refractivity contribution < 1.29 is 17.9 Å². The molecule has 1 atom stereocenters. The van der Waals surface area contributed by atoms with Gasteiger partial charge in [-0.2, -0.15) is 0 Å². The van der Waals surface area contributed by atoms with E-state index in [1.165, 1.54) is 12.1 Å². The van der Waals surface area contributed by atoms with Crippen molar-refractivity contribution in [2.45, 2.75) is 23.8 Å². The first-order valence-electron chi connectivity index (χ1n) is 8.00. The monoisotopic (exact) mass is 364 g/mol. The second kappa shape index (κ2) is 7.77. The van der Waals surface area contributed by atoms with Gasteiger partial charge in [-0.15, -0.1) is 0 Å². The van der Waals surface area contributed by atoms with E-state index in [1.54, 1.807) is 24.7 Å². The Kier molecular flexibility index (Phi) is 5.47. The molecule has 0 aliphatic carbocycles. The molecule has 2 heterocycles. The molecule has 25 heavy (non-hydrogen) atoms. The molecule has 8 nitrogen and oxygen atoms in total. The van der Waals surface area contributed by atoms with E-state index in [1.807, 2.05) is 0 Å². The number of imidazole rings is 1. The van der Waals surface area contributed by atoms with Gasteiger partial charge in [-0.05, 0) is 24.6 Å². The summed E-state index contributed by atoms with van der Waals surface area (Å²) in [6.45, 7) is 1.35. The predicted octanol–water partition coefficient (Wildman–Crippen LogP) is 0.449. The van der Waals surface area contributed by atoms with Crippen LogP contribution in [0, 0.1) is 0 Å². The molecule has 9 heteroatoms. The Morgan fingerprint density at radius 1 is 1.40 bits per heavy atom. The molecule has 0 spiro atoms. The van der Waals surface area contributed by atoms with Crippen molar-refractivity contribution in [1.29, 1.82) is 0 Å². The minimum absolute atomic E-state index is 0.0275. The maximum atomic E-state index is 12.4. The highest BCUT2D eigenvalue weighted by Crippen LogP contribution is 2.13. The number of amides is 1. The van der Waals surface area contributed by atoms with Crippen molar-refractivity contribution >= 4 is 15.9 Å². The summed E-state index contributed by atoms with van der Waals surface area (Å²) in [7, 11) is -3.69. The third-order valence-corrected chi connectivity index (χ3v) is 5.37. The van der Waals surface area contributed by atoms with Gasteiger partial charge in [-0.25, -0.2) is 18.1 Å². The van der Waals surface area contributed by atoms with Crippen LogP contribution in [0.2, 0.25) is 0 Å². The van der Waals surface area contributed by atoms with Crippen LogP contribution in [0.3, 0.4) is 0 Å². The van der Waals surface area contributed by atoms with Gasteiger partial charge in [0, 0.05) is 37.0 Å². The number of H-pyrrole nitrogens is 1. The minimum Gasteiger partial charge on any atom is -0.379 e. The lowest BCUT2D eigenvalue weighted by Gasteiger charge is -2.12. The number of ether oxygens (including phenoxy) is 1. The molecule has 3 rings (SSSR count). The first-order valence-corrected chi connectivity index (χ1v) is 9.48. The van der Waals surface area contributed by atoms with Gasteiger partial charge in [0.2, 0.25) is 10.0 Å². The number of carbonyl (C=O) groups is 1. The third-order valence-electron chi connectivity index (χ3n) is 3.91. The van der Waals surface area contributed by atoms with Gasteiger partial charge in [-0.1, -0.05) is 6.07 Å². The molecule has 0 radical (unpaired) electrons. The van der Waals surface area contributed by atoms with Crippen molar-refractivity contribution in [2.24, 2.45) is 0 Å². The summed E-state index contributed by atoms with van der Waals surface area (Å²) in [5.41, 5.74) is 1.15. The summed E-state index contributed by atoms with van der Waals surface area (Å²) in [5, 5.41) is 2.85. The fraction of sp³-hybridized carbons (Fsp3) is 0.375. The molecule has 3 N–H and O–H groups in total. The molecule has 1 fully saturated rings. The Hall–Kier alpha value is -2.23. The number of nitrogens with one attached hydrogen (secondary N) is 3. The maximum Gasteiger partial charge on any atom is 0.251 e. The topological polar surface area (TPSA) is 113 Å². The largest absolute Gasteiger partial charge is 0.379 e. The van der Waals surface area contributed by atoms with Crippen molar-refractivity contribution in [3.05, 3.63) is 48.0 Å². The van der Waals surface area contributed by atoms with Gasteiger partial charge in [0.15, 0.2) is 0 Å². The van der Waals surface area contributed by atoms with E-state index in [0.29, 0.717) is 25.2 Å². The van der Waals surface area contributed by atoms with Gasteiger partial charge in [0.25, 0.3) is 5.91 Å². The Bertz CT molecular complexity index is 814. The fourth-order valence-corrected chi connectivity index (χ4v) is 3.62. The summed E-state index contributed by atoms with van der Waals surface area (Å²) >= 11 is 0. The van der Waals surface area contributed by atoms with Crippen LogP contribution in [0.5, 0.6) is 0 Å².